The number of nitrogens with zero attached hydrogens (tertiary/aromatic N) is 2. The van der Waals surface area contributed by atoms with E-state index in [1.807, 2.05) is 26.0 Å². The average Bonchev–Trinajstić information content (AvgIpc) is 2.77. The molecule has 2 rings (SSSR count). The summed E-state index contributed by atoms with van der Waals surface area (Å²) < 4.78 is 0. The maximum atomic E-state index is 5.95. The average molecular weight is 300 g/mol. The molecule has 3 N–H and O–H groups in total. The molecule has 0 unspecified atom stereocenters. The highest BCUT2D eigenvalue weighted by atomic mass is 35.5. The molecular weight excluding hydrogens is 285 g/mol. The zero-order valence-corrected chi connectivity index (χ0v) is 12.2. The summed E-state index contributed by atoms with van der Waals surface area (Å²) >= 11 is 11.8. The molecule has 0 spiro atoms. The highest BCUT2D eigenvalue weighted by Crippen LogP contribution is 2.22. The van der Waals surface area contributed by atoms with Gasteiger partial charge in [0.25, 0.3) is 0 Å². The lowest BCUT2D eigenvalue weighted by Crippen LogP contribution is -2.10. The van der Waals surface area contributed by atoms with Gasteiger partial charge in [-0.15, -0.1) is 5.10 Å². The predicted octanol–water partition coefficient (Wildman–Crippen LogP) is 3.54. The molecule has 0 saturated heterocycles. The van der Waals surface area contributed by atoms with Crippen molar-refractivity contribution >= 4 is 35.1 Å². The van der Waals surface area contributed by atoms with Crippen molar-refractivity contribution in [2.75, 3.05) is 10.6 Å². The summed E-state index contributed by atoms with van der Waals surface area (Å²) in [6.07, 6.45) is 0. The fourth-order valence-electron chi connectivity index (χ4n) is 1.51. The van der Waals surface area contributed by atoms with E-state index < -0.39 is 0 Å². The molecule has 2 aromatic rings. The standard InChI is InChI=1S/C12H15Cl2N5/c1-7(2)16-12-17-11(18-19-12)15-6-8-3-4-9(13)10(14)5-8/h3-5,7H,6H2,1-2H3,(H3,15,16,17,18,19). The Kier molecular flexibility index (Phi) is 4.50. The van der Waals surface area contributed by atoms with Gasteiger partial charge in [-0.1, -0.05) is 29.3 Å². The van der Waals surface area contributed by atoms with Gasteiger partial charge in [-0.25, -0.2) is 5.10 Å². The monoisotopic (exact) mass is 299 g/mol. The minimum Gasteiger partial charge on any atom is -0.352 e. The maximum Gasteiger partial charge on any atom is 0.243 e. The molecule has 0 fully saturated rings. The van der Waals surface area contributed by atoms with Crippen molar-refractivity contribution in [1.29, 1.82) is 0 Å². The molecule has 19 heavy (non-hydrogen) atoms. The van der Waals surface area contributed by atoms with Crippen LogP contribution in [0, 0.1) is 0 Å². The van der Waals surface area contributed by atoms with Crippen molar-refractivity contribution < 1.29 is 0 Å². The van der Waals surface area contributed by atoms with E-state index in [4.69, 9.17) is 23.2 Å². The van der Waals surface area contributed by atoms with Crippen LogP contribution >= 0.6 is 23.2 Å². The number of halogens is 2. The summed E-state index contributed by atoms with van der Waals surface area (Å²) in [6, 6.07) is 5.79. The largest absolute Gasteiger partial charge is 0.352 e. The van der Waals surface area contributed by atoms with Gasteiger partial charge in [-0.3, -0.25) is 0 Å². The number of hydrogen-bond acceptors (Lipinski definition) is 4. The van der Waals surface area contributed by atoms with Gasteiger partial charge in [-0.2, -0.15) is 4.98 Å². The molecule has 1 aromatic heterocycles. The zero-order valence-electron chi connectivity index (χ0n) is 10.7. The van der Waals surface area contributed by atoms with Crippen LogP contribution in [0.2, 0.25) is 10.0 Å². The van der Waals surface area contributed by atoms with Gasteiger partial charge in [0.2, 0.25) is 11.9 Å². The predicted molar refractivity (Wildman–Crippen MR) is 78.9 cm³/mol. The van der Waals surface area contributed by atoms with Gasteiger partial charge >= 0.3 is 0 Å². The van der Waals surface area contributed by atoms with Crippen LogP contribution in [0.3, 0.4) is 0 Å². The third kappa shape index (κ3) is 4.01. The van der Waals surface area contributed by atoms with Crippen molar-refractivity contribution in [2.45, 2.75) is 26.4 Å². The first kappa shape index (κ1) is 14.0. The molecule has 102 valence electrons. The van der Waals surface area contributed by atoms with Gasteiger partial charge in [0.15, 0.2) is 0 Å². The van der Waals surface area contributed by atoms with Crippen molar-refractivity contribution in [3.8, 4) is 0 Å². The van der Waals surface area contributed by atoms with E-state index in [0.29, 0.717) is 34.5 Å². The van der Waals surface area contributed by atoms with E-state index in [9.17, 15) is 0 Å². The second kappa shape index (κ2) is 6.12. The fraction of sp³-hybridized carbons (Fsp3) is 0.333. The Morgan fingerprint density at radius 3 is 2.74 bits per heavy atom. The molecule has 1 aromatic carbocycles. The summed E-state index contributed by atoms with van der Waals surface area (Å²) in [7, 11) is 0. The number of anilines is 2. The summed E-state index contributed by atoms with van der Waals surface area (Å²) in [5, 5.41) is 14.2. The Labute approximate surface area is 121 Å². The quantitative estimate of drug-likeness (QED) is 0.790. The van der Waals surface area contributed by atoms with E-state index in [1.54, 1.807) is 6.07 Å². The molecular formula is C12H15Cl2N5. The van der Waals surface area contributed by atoms with E-state index in [-0.39, 0.29) is 0 Å². The number of aromatic nitrogens is 3. The van der Waals surface area contributed by atoms with Crippen LogP contribution in [0.25, 0.3) is 0 Å². The Hall–Kier alpha value is -1.46. The van der Waals surface area contributed by atoms with Crippen LogP contribution in [-0.4, -0.2) is 21.2 Å². The van der Waals surface area contributed by atoms with Crippen LogP contribution in [0.5, 0.6) is 0 Å². The lowest BCUT2D eigenvalue weighted by atomic mass is 10.2. The Morgan fingerprint density at radius 1 is 1.26 bits per heavy atom. The van der Waals surface area contributed by atoms with Crippen LogP contribution in [0.1, 0.15) is 19.4 Å². The molecule has 5 nitrogen and oxygen atoms in total. The minimum absolute atomic E-state index is 0.302. The SMILES string of the molecule is CC(C)Nc1nc(NCc2ccc(Cl)c(Cl)c2)n[nH]1. The second-order valence-electron chi connectivity index (χ2n) is 4.41. The van der Waals surface area contributed by atoms with Crippen molar-refractivity contribution in [3.05, 3.63) is 33.8 Å². The van der Waals surface area contributed by atoms with E-state index in [1.165, 1.54) is 0 Å². The first-order valence-electron chi connectivity index (χ1n) is 5.91. The first-order chi connectivity index (χ1) is 9.04. The highest BCUT2D eigenvalue weighted by molar-refractivity contribution is 6.42. The zero-order chi connectivity index (χ0) is 13.8. The molecule has 0 saturated carbocycles. The summed E-state index contributed by atoms with van der Waals surface area (Å²) in [6.45, 7) is 4.65. The van der Waals surface area contributed by atoms with Crippen molar-refractivity contribution in [1.82, 2.24) is 15.2 Å². The van der Waals surface area contributed by atoms with E-state index >= 15 is 0 Å². The fourth-order valence-corrected chi connectivity index (χ4v) is 1.83. The Balaban J connectivity index is 1.94. The van der Waals surface area contributed by atoms with Crippen molar-refractivity contribution in [2.24, 2.45) is 0 Å². The van der Waals surface area contributed by atoms with Crippen LogP contribution in [0.15, 0.2) is 18.2 Å². The number of nitrogens with one attached hydrogen (secondary N) is 3. The number of benzene rings is 1. The lowest BCUT2D eigenvalue weighted by Gasteiger charge is -2.04. The van der Waals surface area contributed by atoms with E-state index in [2.05, 4.69) is 25.8 Å². The van der Waals surface area contributed by atoms with Crippen LogP contribution < -0.4 is 10.6 Å². The summed E-state index contributed by atoms with van der Waals surface area (Å²) in [4.78, 5) is 4.26. The summed E-state index contributed by atoms with van der Waals surface area (Å²) in [5.74, 6) is 1.18. The van der Waals surface area contributed by atoms with Gasteiger partial charge in [0, 0.05) is 12.6 Å². The Bertz CT molecular complexity index is 553. The minimum atomic E-state index is 0.302. The molecule has 0 aliphatic heterocycles. The van der Waals surface area contributed by atoms with Gasteiger partial charge in [0.05, 0.1) is 10.0 Å². The third-order valence-corrected chi connectivity index (χ3v) is 3.08. The number of hydrogen-bond donors (Lipinski definition) is 3. The van der Waals surface area contributed by atoms with Gasteiger partial charge < -0.3 is 10.6 Å². The summed E-state index contributed by atoms with van der Waals surface area (Å²) in [5.41, 5.74) is 1.01. The van der Waals surface area contributed by atoms with Gasteiger partial charge in [0.1, 0.15) is 0 Å². The smallest absolute Gasteiger partial charge is 0.243 e. The molecule has 0 atom stereocenters. The van der Waals surface area contributed by atoms with Crippen molar-refractivity contribution in [3.63, 3.8) is 0 Å². The molecule has 0 aliphatic carbocycles. The maximum absolute atomic E-state index is 5.95. The molecule has 0 bridgehead atoms. The second-order valence-corrected chi connectivity index (χ2v) is 5.22. The highest BCUT2D eigenvalue weighted by Gasteiger charge is 2.04. The Morgan fingerprint density at radius 2 is 2.05 bits per heavy atom. The third-order valence-electron chi connectivity index (χ3n) is 2.35. The molecule has 7 heteroatoms. The number of rotatable bonds is 5. The number of aromatic amines is 1. The molecule has 0 radical (unpaired) electrons. The first-order valence-corrected chi connectivity index (χ1v) is 6.67. The lowest BCUT2D eigenvalue weighted by molar-refractivity contribution is 0.876. The molecule has 0 aliphatic rings. The topological polar surface area (TPSA) is 65.6 Å². The van der Waals surface area contributed by atoms with E-state index in [0.717, 1.165) is 5.56 Å². The van der Waals surface area contributed by atoms with Crippen LogP contribution in [0.4, 0.5) is 11.9 Å². The normalized spacial score (nSPS) is 10.8. The molecule has 0 amide bonds. The molecule has 1 heterocycles. The van der Waals surface area contributed by atoms with Gasteiger partial charge in [-0.05, 0) is 31.5 Å². The van der Waals surface area contributed by atoms with Crippen LogP contribution in [-0.2, 0) is 6.54 Å². The number of H-pyrrole nitrogens is 1.